The summed E-state index contributed by atoms with van der Waals surface area (Å²) < 4.78 is 12.8. The van der Waals surface area contributed by atoms with Gasteiger partial charge in [-0.2, -0.15) is 0 Å². The highest BCUT2D eigenvalue weighted by molar-refractivity contribution is 5.47. The number of rotatable bonds is 5. The minimum atomic E-state index is -0.208. The first-order valence-corrected chi connectivity index (χ1v) is 7.01. The molecule has 1 heterocycles. The zero-order valence-corrected chi connectivity index (χ0v) is 12.7. The van der Waals surface area contributed by atoms with E-state index in [1.165, 1.54) is 18.5 Å². The number of benzene rings is 1. The molecule has 21 heavy (non-hydrogen) atoms. The van der Waals surface area contributed by atoms with Crippen LogP contribution in [0.3, 0.4) is 0 Å². The summed E-state index contributed by atoms with van der Waals surface area (Å²) in [6.07, 6.45) is 2.35. The zero-order chi connectivity index (χ0) is 15.3. The quantitative estimate of drug-likeness (QED) is 0.884. The van der Waals surface area contributed by atoms with E-state index in [0.29, 0.717) is 0 Å². The Morgan fingerprint density at radius 1 is 1.05 bits per heavy atom. The number of nitrogens with zero attached hydrogens (tertiary/aromatic N) is 2. The number of anilines is 2. The van der Waals surface area contributed by atoms with E-state index in [2.05, 4.69) is 41.4 Å². The van der Waals surface area contributed by atoms with E-state index in [-0.39, 0.29) is 11.4 Å². The topological polar surface area (TPSA) is 49.8 Å². The van der Waals surface area contributed by atoms with Gasteiger partial charge in [0.2, 0.25) is 0 Å². The molecule has 0 fully saturated rings. The first-order chi connectivity index (χ1) is 9.92. The molecular formula is C16H21FN4. The molecule has 2 N–H and O–H groups in total. The van der Waals surface area contributed by atoms with E-state index in [9.17, 15) is 4.39 Å². The summed E-state index contributed by atoms with van der Waals surface area (Å²) in [6.45, 7) is 6.97. The molecule has 0 amide bonds. The van der Waals surface area contributed by atoms with Gasteiger partial charge in [0.25, 0.3) is 0 Å². The van der Waals surface area contributed by atoms with Crippen LogP contribution in [0.4, 0.5) is 16.0 Å². The Balaban J connectivity index is 1.88. The lowest BCUT2D eigenvalue weighted by Crippen LogP contribution is -2.26. The largest absolute Gasteiger partial charge is 0.370 e. The summed E-state index contributed by atoms with van der Waals surface area (Å²) in [7, 11) is 0. The van der Waals surface area contributed by atoms with E-state index in [1.807, 2.05) is 6.07 Å². The lowest BCUT2D eigenvalue weighted by molar-refractivity contribution is 0.627. The second-order valence-corrected chi connectivity index (χ2v) is 5.97. The van der Waals surface area contributed by atoms with Gasteiger partial charge >= 0.3 is 0 Å². The van der Waals surface area contributed by atoms with Crippen molar-refractivity contribution in [1.29, 1.82) is 0 Å². The average Bonchev–Trinajstić information content (AvgIpc) is 2.39. The second-order valence-electron chi connectivity index (χ2n) is 5.97. The molecule has 0 saturated carbocycles. The Labute approximate surface area is 124 Å². The molecule has 5 heteroatoms. The van der Waals surface area contributed by atoms with Crippen molar-refractivity contribution in [2.45, 2.75) is 32.7 Å². The van der Waals surface area contributed by atoms with Crippen LogP contribution in [0.2, 0.25) is 0 Å². The van der Waals surface area contributed by atoms with Crippen LogP contribution >= 0.6 is 0 Å². The van der Waals surface area contributed by atoms with Gasteiger partial charge in [-0.3, -0.25) is 0 Å². The molecule has 0 radical (unpaired) electrons. The van der Waals surface area contributed by atoms with Crippen LogP contribution in [0.1, 0.15) is 26.3 Å². The first-order valence-electron chi connectivity index (χ1n) is 7.01. The van der Waals surface area contributed by atoms with Crippen molar-refractivity contribution in [3.8, 4) is 0 Å². The lowest BCUT2D eigenvalue weighted by Gasteiger charge is -2.21. The fourth-order valence-corrected chi connectivity index (χ4v) is 1.89. The Bertz CT molecular complexity index is 576. The zero-order valence-electron chi connectivity index (χ0n) is 12.7. The average molecular weight is 288 g/mol. The van der Waals surface area contributed by atoms with Crippen molar-refractivity contribution in [3.05, 3.63) is 48.0 Å². The number of hydrogen-bond acceptors (Lipinski definition) is 4. The summed E-state index contributed by atoms with van der Waals surface area (Å²) >= 11 is 0. The summed E-state index contributed by atoms with van der Waals surface area (Å²) in [5.41, 5.74) is 1.05. The number of hydrogen-bond donors (Lipinski definition) is 2. The van der Waals surface area contributed by atoms with Crippen molar-refractivity contribution in [2.24, 2.45) is 0 Å². The molecule has 0 bridgehead atoms. The molecule has 1 aromatic heterocycles. The maximum absolute atomic E-state index is 12.8. The molecule has 0 aliphatic heterocycles. The molecule has 4 nitrogen and oxygen atoms in total. The minimum Gasteiger partial charge on any atom is -0.370 e. The van der Waals surface area contributed by atoms with Crippen molar-refractivity contribution >= 4 is 11.6 Å². The van der Waals surface area contributed by atoms with E-state index in [0.717, 1.165) is 30.2 Å². The van der Waals surface area contributed by atoms with Gasteiger partial charge in [0.15, 0.2) is 0 Å². The molecule has 0 saturated heterocycles. The van der Waals surface area contributed by atoms with Crippen LogP contribution in [0.15, 0.2) is 36.7 Å². The third-order valence-electron chi connectivity index (χ3n) is 2.80. The van der Waals surface area contributed by atoms with Crippen LogP contribution in [0.25, 0.3) is 0 Å². The summed E-state index contributed by atoms with van der Waals surface area (Å²) in [6, 6.07) is 8.43. The molecule has 0 aliphatic carbocycles. The van der Waals surface area contributed by atoms with Crippen LogP contribution in [0, 0.1) is 5.82 Å². The lowest BCUT2D eigenvalue weighted by atomic mass is 10.1. The molecule has 2 rings (SSSR count). The second kappa shape index (κ2) is 6.52. The van der Waals surface area contributed by atoms with Crippen LogP contribution in [-0.2, 0) is 6.42 Å². The van der Waals surface area contributed by atoms with Crippen molar-refractivity contribution in [3.63, 3.8) is 0 Å². The molecule has 1 aromatic carbocycles. The van der Waals surface area contributed by atoms with Gasteiger partial charge in [0.1, 0.15) is 23.8 Å². The highest BCUT2D eigenvalue weighted by Gasteiger charge is 2.10. The number of nitrogens with one attached hydrogen (secondary N) is 2. The van der Waals surface area contributed by atoms with Gasteiger partial charge in [-0.1, -0.05) is 12.1 Å². The van der Waals surface area contributed by atoms with Crippen molar-refractivity contribution in [2.75, 3.05) is 17.2 Å². The summed E-state index contributed by atoms with van der Waals surface area (Å²) in [4.78, 5) is 8.39. The Kier molecular flexibility index (Phi) is 4.73. The third-order valence-corrected chi connectivity index (χ3v) is 2.80. The van der Waals surface area contributed by atoms with Crippen molar-refractivity contribution < 1.29 is 4.39 Å². The predicted octanol–water partition coefficient (Wildman–Crippen LogP) is 3.48. The third kappa shape index (κ3) is 5.38. The van der Waals surface area contributed by atoms with E-state index in [1.54, 1.807) is 12.1 Å². The summed E-state index contributed by atoms with van der Waals surface area (Å²) in [5, 5.41) is 6.55. The van der Waals surface area contributed by atoms with Gasteiger partial charge in [-0.25, -0.2) is 14.4 Å². The van der Waals surface area contributed by atoms with Crippen LogP contribution in [0.5, 0.6) is 0 Å². The minimum absolute atomic E-state index is 0.0419. The number of aromatic nitrogens is 2. The Morgan fingerprint density at radius 2 is 1.71 bits per heavy atom. The van der Waals surface area contributed by atoms with E-state index >= 15 is 0 Å². The molecular weight excluding hydrogens is 267 g/mol. The van der Waals surface area contributed by atoms with E-state index in [4.69, 9.17) is 0 Å². The normalized spacial score (nSPS) is 11.2. The van der Waals surface area contributed by atoms with Gasteiger partial charge in [0.05, 0.1) is 0 Å². The smallest absolute Gasteiger partial charge is 0.131 e. The van der Waals surface area contributed by atoms with Gasteiger partial charge in [0, 0.05) is 18.2 Å². The highest BCUT2D eigenvalue weighted by atomic mass is 19.1. The molecule has 2 aromatic rings. The molecule has 0 unspecified atom stereocenters. The Hall–Kier alpha value is -2.17. The SMILES string of the molecule is CC(C)(C)Nc1cc(NCCc2ccc(F)cc2)ncn1. The molecule has 0 spiro atoms. The molecule has 0 atom stereocenters. The summed E-state index contributed by atoms with van der Waals surface area (Å²) in [5.74, 6) is 1.36. The maximum atomic E-state index is 12.8. The van der Waals surface area contributed by atoms with Gasteiger partial charge in [-0.15, -0.1) is 0 Å². The highest BCUT2D eigenvalue weighted by Crippen LogP contribution is 2.14. The van der Waals surface area contributed by atoms with Crippen LogP contribution in [-0.4, -0.2) is 22.1 Å². The van der Waals surface area contributed by atoms with Gasteiger partial charge in [-0.05, 0) is 44.9 Å². The maximum Gasteiger partial charge on any atom is 0.131 e. The van der Waals surface area contributed by atoms with Crippen LogP contribution < -0.4 is 10.6 Å². The first kappa shape index (κ1) is 15.2. The number of halogens is 1. The standard InChI is InChI=1S/C16H21FN4/c1-16(2,3)21-15-10-14(19-11-20-15)18-9-8-12-4-6-13(17)7-5-12/h4-7,10-11H,8-9H2,1-3H3,(H2,18,19,20,21). The molecule has 0 aliphatic rings. The van der Waals surface area contributed by atoms with Crippen molar-refractivity contribution in [1.82, 2.24) is 9.97 Å². The Morgan fingerprint density at radius 3 is 2.38 bits per heavy atom. The molecule has 112 valence electrons. The van der Waals surface area contributed by atoms with E-state index < -0.39 is 0 Å². The fourth-order valence-electron chi connectivity index (χ4n) is 1.89. The predicted molar refractivity (Wildman–Crippen MR) is 84.0 cm³/mol. The fraction of sp³-hybridized carbons (Fsp3) is 0.375. The monoisotopic (exact) mass is 288 g/mol. The van der Waals surface area contributed by atoms with Gasteiger partial charge < -0.3 is 10.6 Å².